The van der Waals surface area contributed by atoms with E-state index in [0.717, 1.165) is 25.9 Å². The molecule has 0 aliphatic carbocycles. The molecule has 0 aromatic carbocycles. The number of nitrogens with zero attached hydrogens (tertiary/aromatic N) is 1. The second-order valence-electron chi connectivity index (χ2n) is 4.01. The molecular formula is C7H15N3O2S. The van der Waals surface area contributed by atoms with Crippen LogP contribution in [0.2, 0.25) is 0 Å². The maximum absolute atomic E-state index is 11.1. The van der Waals surface area contributed by atoms with Gasteiger partial charge < -0.3 is 4.90 Å². The third kappa shape index (κ3) is 1.85. The Morgan fingerprint density at radius 3 is 2.38 bits per heavy atom. The Kier molecular flexibility index (Phi) is 2.10. The molecule has 1 spiro atoms. The minimum absolute atomic E-state index is 0.203. The Morgan fingerprint density at radius 2 is 1.92 bits per heavy atom. The summed E-state index contributed by atoms with van der Waals surface area (Å²) in [7, 11) is -1.13. The van der Waals surface area contributed by atoms with E-state index in [2.05, 4.69) is 21.4 Å². The highest BCUT2D eigenvalue weighted by Gasteiger charge is 2.42. The molecule has 2 fully saturated rings. The summed E-state index contributed by atoms with van der Waals surface area (Å²) in [6, 6.07) is 0. The van der Waals surface area contributed by atoms with E-state index in [1.165, 1.54) is 0 Å². The molecule has 0 aromatic rings. The van der Waals surface area contributed by atoms with Gasteiger partial charge in [0.25, 0.3) is 10.2 Å². The third-order valence-corrected chi connectivity index (χ3v) is 4.12. The lowest BCUT2D eigenvalue weighted by Gasteiger charge is -2.36. The molecule has 5 nitrogen and oxygen atoms in total. The molecule has 0 aromatic heterocycles. The van der Waals surface area contributed by atoms with E-state index in [-0.39, 0.29) is 5.54 Å². The summed E-state index contributed by atoms with van der Waals surface area (Å²) in [5, 5.41) is 0. The lowest BCUT2D eigenvalue weighted by atomic mass is 9.89. The molecule has 0 radical (unpaired) electrons. The van der Waals surface area contributed by atoms with E-state index in [1.807, 2.05) is 0 Å². The zero-order valence-corrected chi connectivity index (χ0v) is 8.52. The SMILES string of the molecule is CN1CCC2(CC1)CNS(=O)(=O)N2. The normalized spacial score (nSPS) is 32.4. The van der Waals surface area contributed by atoms with Gasteiger partial charge >= 0.3 is 0 Å². The van der Waals surface area contributed by atoms with E-state index < -0.39 is 10.2 Å². The van der Waals surface area contributed by atoms with Gasteiger partial charge in [0.05, 0.1) is 5.54 Å². The van der Waals surface area contributed by atoms with Gasteiger partial charge in [0, 0.05) is 6.54 Å². The van der Waals surface area contributed by atoms with Crippen molar-refractivity contribution in [3.8, 4) is 0 Å². The van der Waals surface area contributed by atoms with Crippen LogP contribution in [0.4, 0.5) is 0 Å². The first-order valence-corrected chi connectivity index (χ1v) is 5.97. The second kappa shape index (κ2) is 2.91. The van der Waals surface area contributed by atoms with Gasteiger partial charge in [-0.3, -0.25) is 0 Å². The minimum atomic E-state index is -3.19. The van der Waals surface area contributed by atoms with Crippen LogP contribution in [-0.4, -0.2) is 45.5 Å². The lowest BCUT2D eigenvalue weighted by Crippen LogP contribution is -2.51. The van der Waals surface area contributed by atoms with Gasteiger partial charge in [-0.2, -0.15) is 13.1 Å². The first-order chi connectivity index (χ1) is 6.02. The number of rotatable bonds is 0. The highest BCUT2D eigenvalue weighted by molar-refractivity contribution is 7.87. The molecule has 2 saturated heterocycles. The molecule has 0 unspecified atom stereocenters. The van der Waals surface area contributed by atoms with Crippen LogP contribution in [-0.2, 0) is 10.2 Å². The molecule has 2 N–H and O–H groups in total. The summed E-state index contributed by atoms with van der Waals surface area (Å²) in [4.78, 5) is 2.22. The van der Waals surface area contributed by atoms with Crippen molar-refractivity contribution >= 4 is 10.2 Å². The Hall–Kier alpha value is -0.170. The fourth-order valence-electron chi connectivity index (χ4n) is 1.92. The summed E-state index contributed by atoms with van der Waals surface area (Å²) >= 11 is 0. The van der Waals surface area contributed by atoms with Crippen molar-refractivity contribution < 1.29 is 8.42 Å². The molecule has 2 aliphatic heterocycles. The minimum Gasteiger partial charge on any atom is -0.306 e. The highest BCUT2D eigenvalue weighted by Crippen LogP contribution is 2.24. The lowest BCUT2D eigenvalue weighted by molar-refractivity contribution is 0.188. The molecule has 0 atom stereocenters. The molecule has 2 aliphatic rings. The molecule has 2 heterocycles. The molecule has 76 valence electrons. The van der Waals surface area contributed by atoms with Crippen LogP contribution in [0.1, 0.15) is 12.8 Å². The summed E-state index contributed by atoms with van der Waals surface area (Å²) in [6.45, 7) is 2.47. The fraction of sp³-hybridized carbons (Fsp3) is 1.00. The summed E-state index contributed by atoms with van der Waals surface area (Å²) in [5.41, 5.74) is -0.203. The molecule has 0 bridgehead atoms. The van der Waals surface area contributed by atoms with E-state index in [1.54, 1.807) is 0 Å². The van der Waals surface area contributed by atoms with E-state index in [4.69, 9.17) is 0 Å². The van der Waals surface area contributed by atoms with Crippen molar-refractivity contribution in [2.24, 2.45) is 0 Å². The summed E-state index contributed by atoms with van der Waals surface area (Å²) < 4.78 is 27.5. The van der Waals surface area contributed by atoms with Crippen molar-refractivity contribution in [2.45, 2.75) is 18.4 Å². The predicted molar refractivity (Wildman–Crippen MR) is 49.5 cm³/mol. The second-order valence-corrected chi connectivity index (χ2v) is 5.51. The van der Waals surface area contributed by atoms with Crippen LogP contribution >= 0.6 is 0 Å². The van der Waals surface area contributed by atoms with Crippen molar-refractivity contribution in [1.29, 1.82) is 0 Å². The smallest absolute Gasteiger partial charge is 0.277 e. The topological polar surface area (TPSA) is 61.4 Å². The van der Waals surface area contributed by atoms with Gasteiger partial charge in [0.15, 0.2) is 0 Å². The first kappa shape index (κ1) is 9.39. The van der Waals surface area contributed by atoms with E-state index in [9.17, 15) is 8.42 Å². The van der Waals surface area contributed by atoms with E-state index >= 15 is 0 Å². The number of nitrogens with one attached hydrogen (secondary N) is 2. The average Bonchev–Trinajstić information content (AvgIpc) is 2.35. The predicted octanol–water partition coefficient (Wildman–Crippen LogP) is -1.11. The Labute approximate surface area is 78.7 Å². The van der Waals surface area contributed by atoms with Gasteiger partial charge in [0.2, 0.25) is 0 Å². The van der Waals surface area contributed by atoms with Crippen LogP contribution in [0, 0.1) is 0 Å². The quantitative estimate of drug-likeness (QED) is 0.527. The van der Waals surface area contributed by atoms with Gasteiger partial charge in [0.1, 0.15) is 0 Å². The van der Waals surface area contributed by atoms with Gasteiger partial charge in [-0.05, 0) is 33.0 Å². The number of likely N-dealkylation sites (tertiary alicyclic amines) is 1. The molecule has 0 saturated carbocycles. The summed E-state index contributed by atoms with van der Waals surface area (Å²) in [5.74, 6) is 0. The van der Waals surface area contributed by atoms with Crippen LogP contribution < -0.4 is 9.44 Å². The third-order valence-electron chi connectivity index (χ3n) is 2.90. The zero-order chi connectivity index (χ0) is 9.53. The van der Waals surface area contributed by atoms with Gasteiger partial charge in [-0.15, -0.1) is 0 Å². The van der Waals surface area contributed by atoms with Crippen molar-refractivity contribution in [2.75, 3.05) is 26.7 Å². The maximum atomic E-state index is 11.1. The number of hydrogen-bond donors (Lipinski definition) is 2. The average molecular weight is 205 g/mol. The number of piperidine rings is 1. The maximum Gasteiger partial charge on any atom is 0.277 e. The molecule has 13 heavy (non-hydrogen) atoms. The van der Waals surface area contributed by atoms with Crippen molar-refractivity contribution in [3.63, 3.8) is 0 Å². The first-order valence-electron chi connectivity index (χ1n) is 4.49. The zero-order valence-electron chi connectivity index (χ0n) is 7.71. The number of hydrogen-bond acceptors (Lipinski definition) is 3. The van der Waals surface area contributed by atoms with Gasteiger partial charge in [-0.1, -0.05) is 0 Å². The Bertz CT molecular complexity index is 293. The summed E-state index contributed by atoms with van der Waals surface area (Å²) in [6.07, 6.45) is 1.80. The van der Waals surface area contributed by atoms with Crippen LogP contribution in [0.3, 0.4) is 0 Å². The highest BCUT2D eigenvalue weighted by atomic mass is 32.2. The fourth-order valence-corrected chi connectivity index (χ4v) is 3.30. The monoisotopic (exact) mass is 205 g/mol. The van der Waals surface area contributed by atoms with Crippen molar-refractivity contribution in [1.82, 2.24) is 14.3 Å². The Balaban J connectivity index is 2.08. The molecule has 2 rings (SSSR count). The molecule has 0 amide bonds. The standard InChI is InChI=1S/C7H15N3O2S/c1-10-4-2-7(3-5-10)6-8-13(11,12)9-7/h8-9H,2-6H2,1H3. The largest absolute Gasteiger partial charge is 0.306 e. The Morgan fingerprint density at radius 1 is 1.31 bits per heavy atom. The van der Waals surface area contributed by atoms with Gasteiger partial charge in [-0.25, -0.2) is 4.72 Å². The molecule has 6 heteroatoms. The van der Waals surface area contributed by atoms with Crippen molar-refractivity contribution in [3.05, 3.63) is 0 Å². The van der Waals surface area contributed by atoms with Crippen LogP contribution in [0.5, 0.6) is 0 Å². The van der Waals surface area contributed by atoms with Crippen LogP contribution in [0.15, 0.2) is 0 Å². The van der Waals surface area contributed by atoms with Crippen LogP contribution in [0.25, 0.3) is 0 Å². The van der Waals surface area contributed by atoms with E-state index in [0.29, 0.717) is 6.54 Å². The molecular weight excluding hydrogens is 190 g/mol.